The number of imidazole rings is 1. The standard InChI is InChI=1S/C25H25N3O8S2.CH4/c1-15-12-26-21(16(2)24(15)35-4)14-37(31)25-27-20-11-18(34-3)7-10-22(20)28(25)38(32,33)19-8-5-17(6-9-19)36-13-23(29)30;/h5-12H,13-14H2,1-4H3,(H,29,30);1H4/p-1. The molecule has 4 rings (SSSR count). The molecule has 13 heteroatoms. The SMILES string of the molecule is C.COc1ccc2c(c1)nc(S(=O)Cc1ncc(C)c(OC)c1C)n2S(=O)(=O)c1ccc(OCC(=O)[O-])cc1. The second-order valence-corrected chi connectivity index (χ2v) is 11.3. The van der Waals surface area contributed by atoms with Crippen LogP contribution in [0.2, 0.25) is 0 Å². The minimum Gasteiger partial charge on any atom is -0.546 e. The van der Waals surface area contributed by atoms with E-state index in [1.54, 1.807) is 25.3 Å². The summed E-state index contributed by atoms with van der Waals surface area (Å²) in [6.45, 7) is 2.95. The summed E-state index contributed by atoms with van der Waals surface area (Å²) in [6, 6.07) is 9.82. The summed E-state index contributed by atoms with van der Waals surface area (Å²) in [5.41, 5.74) is 2.47. The van der Waals surface area contributed by atoms with Gasteiger partial charge in [-0.25, -0.2) is 17.4 Å². The van der Waals surface area contributed by atoms with Crippen molar-refractivity contribution in [3.63, 3.8) is 0 Å². The highest BCUT2D eigenvalue weighted by Gasteiger charge is 2.28. The van der Waals surface area contributed by atoms with Gasteiger partial charge >= 0.3 is 0 Å². The van der Waals surface area contributed by atoms with Crippen molar-refractivity contribution in [3.8, 4) is 17.2 Å². The van der Waals surface area contributed by atoms with E-state index in [1.807, 2.05) is 6.92 Å². The number of carboxylic acids is 1. The second-order valence-electron chi connectivity index (χ2n) is 8.19. The Morgan fingerprint density at radius 2 is 1.72 bits per heavy atom. The maximum absolute atomic E-state index is 13.8. The van der Waals surface area contributed by atoms with Crippen molar-refractivity contribution in [1.29, 1.82) is 0 Å². The Kier molecular flexibility index (Phi) is 8.97. The number of benzene rings is 2. The summed E-state index contributed by atoms with van der Waals surface area (Å²) in [6.07, 6.45) is 1.60. The minimum atomic E-state index is -4.30. The molecule has 0 saturated carbocycles. The fraction of sp³-hybridized carbons (Fsp3) is 0.269. The number of aromatic nitrogens is 3. The molecule has 1 unspecified atom stereocenters. The number of aliphatic carboxylic acids is 1. The Bertz CT molecular complexity index is 1650. The van der Waals surface area contributed by atoms with E-state index in [-0.39, 0.29) is 40.0 Å². The van der Waals surface area contributed by atoms with Crippen LogP contribution in [0.15, 0.2) is 58.7 Å². The van der Waals surface area contributed by atoms with Crippen molar-refractivity contribution in [2.45, 2.75) is 37.1 Å². The predicted octanol–water partition coefficient (Wildman–Crippen LogP) is 2.37. The number of nitrogens with zero attached hydrogens (tertiary/aromatic N) is 3. The van der Waals surface area contributed by atoms with Crippen LogP contribution in [0.3, 0.4) is 0 Å². The van der Waals surface area contributed by atoms with E-state index in [0.717, 1.165) is 9.54 Å². The zero-order chi connectivity index (χ0) is 27.6. The van der Waals surface area contributed by atoms with Crippen molar-refractivity contribution in [1.82, 2.24) is 13.9 Å². The number of hydrogen-bond acceptors (Lipinski definition) is 10. The van der Waals surface area contributed by atoms with Crippen molar-refractivity contribution < 1.29 is 36.7 Å². The van der Waals surface area contributed by atoms with Crippen LogP contribution in [0.25, 0.3) is 11.0 Å². The molecule has 0 aliphatic rings. The summed E-state index contributed by atoms with van der Waals surface area (Å²) in [4.78, 5) is 19.3. The number of carbonyl (C=O) groups excluding carboxylic acids is 1. The zero-order valence-corrected chi connectivity index (χ0v) is 22.6. The molecule has 0 aliphatic carbocycles. The summed E-state index contributed by atoms with van der Waals surface area (Å²) in [5, 5.41) is 10.5. The van der Waals surface area contributed by atoms with Crippen LogP contribution in [0.1, 0.15) is 24.2 Å². The summed E-state index contributed by atoms with van der Waals surface area (Å²) in [5.74, 6) is -0.308. The highest BCUT2D eigenvalue weighted by atomic mass is 32.2. The summed E-state index contributed by atoms with van der Waals surface area (Å²) in [7, 11) is -3.23. The third-order valence-electron chi connectivity index (χ3n) is 5.73. The summed E-state index contributed by atoms with van der Waals surface area (Å²) >= 11 is 0. The van der Waals surface area contributed by atoms with Crippen LogP contribution in [0, 0.1) is 13.8 Å². The Hall–Kier alpha value is -3.97. The van der Waals surface area contributed by atoms with Crippen LogP contribution in [0.4, 0.5) is 0 Å². The molecule has 4 aromatic rings. The predicted molar refractivity (Wildman–Crippen MR) is 143 cm³/mol. The molecule has 0 radical (unpaired) electrons. The monoisotopic (exact) mass is 574 g/mol. The Balaban J connectivity index is 0.00000420. The first-order chi connectivity index (χ1) is 18.1. The third kappa shape index (κ3) is 5.88. The van der Waals surface area contributed by atoms with Crippen molar-refractivity contribution in [2.75, 3.05) is 20.8 Å². The van der Waals surface area contributed by atoms with Gasteiger partial charge in [0.1, 0.15) is 23.9 Å². The maximum Gasteiger partial charge on any atom is 0.270 e. The Morgan fingerprint density at radius 3 is 2.33 bits per heavy atom. The average Bonchev–Trinajstić information content (AvgIpc) is 3.29. The fourth-order valence-electron chi connectivity index (χ4n) is 3.88. The van der Waals surface area contributed by atoms with Crippen LogP contribution < -0.4 is 19.3 Å². The van der Waals surface area contributed by atoms with Gasteiger partial charge in [0.05, 0.1) is 58.4 Å². The van der Waals surface area contributed by atoms with Crippen LogP contribution in [0.5, 0.6) is 17.2 Å². The van der Waals surface area contributed by atoms with Crippen LogP contribution in [-0.2, 0) is 31.4 Å². The van der Waals surface area contributed by atoms with Gasteiger partial charge in [-0.05, 0) is 50.2 Å². The lowest BCUT2D eigenvalue weighted by atomic mass is 10.1. The van der Waals surface area contributed by atoms with Gasteiger partial charge in [0.2, 0.25) is 5.16 Å². The van der Waals surface area contributed by atoms with Crippen LogP contribution >= 0.6 is 0 Å². The molecule has 1 atom stereocenters. The number of hydrogen-bond donors (Lipinski definition) is 0. The number of carboxylic acid groups (broad SMARTS) is 1. The van der Waals surface area contributed by atoms with Gasteiger partial charge in [-0.3, -0.25) is 9.19 Å². The zero-order valence-electron chi connectivity index (χ0n) is 21.0. The number of fused-ring (bicyclic) bond motifs is 1. The molecule has 208 valence electrons. The van der Waals surface area contributed by atoms with Crippen LogP contribution in [-0.4, -0.2) is 53.4 Å². The van der Waals surface area contributed by atoms with E-state index < -0.39 is 33.4 Å². The largest absolute Gasteiger partial charge is 0.546 e. The summed E-state index contributed by atoms with van der Waals surface area (Å²) < 4.78 is 57.9. The Morgan fingerprint density at radius 1 is 1.05 bits per heavy atom. The lowest BCUT2D eigenvalue weighted by molar-refractivity contribution is -0.307. The van der Waals surface area contributed by atoms with Gasteiger partial charge in [-0.15, -0.1) is 0 Å². The molecule has 11 nitrogen and oxygen atoms in total. The number of ether oxygens (including phenoxy) is 3. The molecule has 0 spiro atoms. The topological polar surface area (TPSA) is 150 Å². The number of aryl methyl sites for hydroxylation is 1. The van der Waals surface area contributed by atoms with Gasteiger partial charge in [-0.2, -0.15) is 0 Å². The molecule has 0 aliphatic heterocycles. The van der Waals surface area contributed by atoms with Crippen molar-refractivity contribution >= 4 is 37.8 Å². The molecule has 2 aromatic heterocycles. The highest BCUT2D eigenvalue weighted by molar-refractivity contribution is 7.91. The normalized spacial score (nSPS) is 12.0. The van der Waals surface area contributed by atoms with Gasteiger partial charge in [0, 0.05) is 23.4 Å². The van der Waals surface area contributed by atoms with Gasteiger partial charge in [0.15, 0.2) is 0 Å². The number of methoxy groups -OCH3 is 2. The number of pyridine rings is 1. The molecule has 0 N–H and O–H groups in total. The molecule has 0 saturated heterocycles. The average molecular weight is 575 g/mol. The fourth-order valence-corrected chi connectivity index (χ4v) is 6.93. The first-order valence-electron chi connectivity index (χ1n) is 11.2. The second kappa shape index (κ2) is 11.8. The van der Waals surface area contributed by atoms with E-state index >= 15 is 0 Å². The molecular weight excluding hydrogens is 546 g/mol. The first-order valence-corrected chi connectivity index (χ1v) is 13.9. The molecule has 0 amide bonds. The number of carbonyl (C=O) groups is 1. The minimum absolute atomic E-state index is 0. The molecule has 0 bridgehead atoms. The molecular formula is C26H28N3O8S2-. The lowest BCUT2D eigenvalue weighted by Gasteiger charge is -2.13. The highest BCUT2D eigenvalue weighted by Crippen LogP contribution is 2.30. The van der Waals surface area contributed by atoms with Gasteiger partial charge in [-0.1, -0.05) is 7.43 Å². The quantitative estimate of drug-likeness (QED) is 0.276. The molecule has 39 heavy (non-hydrogen) atoms. The lowest BCUT2D eigenvalue weighted by Crippen LogP contribution is -2.28. The molecule has 2 heterocycles. The van der Waals surface area contributed by atoms with E-state index in [9.17, 15) is 22.5 Å². The van der Waals surface area contributed by atoms with Gasteiger partial charge < -0.3 is 24.1 Å². The maximum atomic E-state index is 13.8. The third-order valence-corrected chi connectivity index (χ3v) is 8.78. The van der Waals surface area contributed by atoms with Crippen molar-refractivity contribution in [2.24, 2.45) is 0 Å². The molecule has 0 fully saturated rings. The van der Waals surface area contributed by atoms with E-state index in [1.165, 1.54) is 44.6 Å². The molecule has 2 aromatic carbocycles. The van der Waals surface area contributed by atoms with Crippen molar-refractivity contribution in [3.05, 3.63) is 65.5 Å². The van der Waals surface area contributed by atoms with Gasteiger partial charge in [0.25, 0.3) is 10.0 Å². The van der Waals surface area contributed by atoms with E-state index in [2.05, 4.69) is 9.97 Å². The smallest absolute Gasteiger partial charge is 0.270 e. The van der Waals surface area contributed by atoms with E-state index in [4.69, 9.17) is 14.2 Å². The Labute approximate surface area is 228 Å². The number of rotatable bonds is 10. The first kappa shape index (κ1) is 29.6. The van der Waals surface area contributed by atoms with E-state index in [0.29, 0.717) is 22.8 Å².